The number of carbonyl (C=O) groups excluding carboxylic acids is 2. The lowest BCUT2D eigenvalue weighted by Crippen LogP contribution is -2.40. The van der Waals surface area contributed by atoms with Gasteiger partial charge in [0, 0.05) is 26.2 Å². The summed E-state index contributed by atoms with van der Waals surface area (Å²) in [6.07, 6.45) is 1.79. The molecule has 0 fully saturated rings. The van der Waals surface area contributed by atoms with Crippen molar-refractivity contribution in [3.63, 3.8) is 0 Å². The van der Waals surface area contributed by atoms with Crippen LogP contribution >= 0.6 is 0 Å². The van der Waals surface area contributed by atoms with Gasteiger partial charge in [-0.1, -0.05) is 12.1 Å². The summed E-state index contributed by atoms with van der Waals surface area (Å²) in [5, 5.41) is 2.54. The van der Waals surface area contributed by atoms with Gasteiger partial charge in [-0.15, -0.1) is 0 Å². The molecule has 1 heterocycles. The number of nitrogens with one attached hydrogen (secondary N) is 1. The molecule has 2 rings (SSSR count). The topological polar surface area (TPSA) is 75.4 Å². The van der Waals surface area contributed by atoms with Crippen LogP contribution in [0.3, 0.4) is 0 Å². The van der Waals surface area contributed by atoms with Crippen LogP contribution in [0.1, 0.15) is 17.5 Å². The van der Waals surface area contributed by atoms with Crippen molar-refractivity contribution in [3.05, 3.63) is 29.3 Å². The highest BCUT2D eigenvalue weighted by Gasteiger charge is 2.21. The van der Waals surface area contributed by atoms with Crippen LogP contribution in [0.2, 0.25) is 0 Å². The van der Waals surface area contributed by atoms with E-state index in [1.54, 1.807) is 19.0 Å². The van der Waals surface area contributed by atoms with Crippen LogP contribution in [0.15, 0.2) is 18.2 Å². The van der Waals surface area contributed by atoms with Gasteiger partial charge in [-0.2, -0.15) is 0 Å². The zero-order valence-electron chi connectivity index (χ0n) is 11.3. The summed E-state index contributed by atoms with van der Waals surface area (Å²) in [6, 6.07) is 5.36. The zero-order valence-corrected chi connectivity index (χ0v) is 11.3. The van der Waals surface area contributed by atoms with E-state index in [1.165, 1.54) is 0 Å². The second-order valence-corrected chi connectivity index (χ2v) is 4.84. The molecule has 5 nitrogen and oxygen atoms in total. The summed E-state index contributed by atoms with van der Waals surface area (Å²) in [7, 11) is 3.37. The number of nitrogens with two attached hydrogens (primary N) is 1. The zero-order chi connectivity index (χ0) is 14.0. The average Bonchev–Trinajstić information content (AvgIpc) is 2.42. The Morgan fingerprint density at radius 1 is 1.47 bits per heavy atom. The Morgan fingerprint density at radius 3 is 2.89 bits per heavy atom. The predicted octanol–water partition coefficient (Wildman–Crippen LogP) is 0.211. The molecule has 1 aliphatic rings. The van der Waals surface area contributed by atoms with Gasteiger partial charge in [0.15, 0.2) is 0 Å². The second kappa shape index (κ2) is 5.40. The molecule has 1 aromatic rings. The van der Waals surface area contributed by atoms with Crippen LogP contribution in [0.4, 0.5) is 5.69 Å². The minimum atomic E-state index is -0.536. The maximum Gasteiger partial charge on any atom is 0.237 e. The maximum absolute atomic E-state index is 11.6. The normalized spacial score (nSPS) is 15.9. The van der Waals surface area contributed by atoms with Crippen LogP contribution in [0.25, 0.3) is 0 Å². The minimum Gasteiger partial charge on any atom is -0.358 e. The number of fused-ring (bicyclic) bond motifs is 1. The van der Waals surface area contributed by atoms with Gasteiger partial charge in [-0.25, -0.2) is 0 Å². The molecule has 5 heteroatoms. The molecule has 1 unspecified atom stereocenters. The summed E-state index contributed by atoms with van der Waals surface area (Å²) in [5.74, 6) is -0.0210. The lowest BCUT2D eigenvalue weighted by Gasteiger charge is -2.26. The van der Waals surface area contributed by atoms with Crippen molar-refractivity contribution in [2.75, 3.05) is 19.0 Å². The second-order valence-electron chi connectivity index (χ2n) is 4.84. The minimum absolute atomic E-state index is 0.141. The molecule has 1 atom stereocenters. The van der Waals surface area contributed by atoms with E-state index in [0.717, 1.165) is 23.2 Å². The highest BCUT2D eigenvalue weighted by atomic mass is 16.2. The van der Waals surface area contributed by atoms with Crippen LogP contribution < -0.4 is 16.0 Å². The molecule has 0 aromatic heterocycles. The van der Waals surface area contributed by atoms with Gasteiger partial charge < -0.3 is 16.0 Å². The highest BCUT2D eigenvalue weighted by Crippen LogP contribution is 2.27. The van der Waals surface area contributed by atoms with E-state index < -0.39 is 6.04 Å². The number of benzene rings is 1. The number of anilines is 1. The van der Waals surface area contributed by atoms with Gasteiger partial charge in [0.2, 0.25) is 11.8 Å². The fourth-order valence-electron chi connectivity index (χ4n) is 2.37. The van der Waals surface area contributed by atoms with Gasteiger partial charge >= 0.3 is 0 Å². The Bertz CT molecular complexity index is 513. The molecule has 0 saturated carbocycles. The molecule has 1 aliphatic heterocycles. The fourth-order valence-corrected chi connectivity index (χ4v) is 2.37. The Hall–Kier alpha value is -1.88. The monoisotopic (exact) mass is 261 g/mol. The standard InChI is InChI=1S/C14H19N3O2/c1-16-14(19)11(15)8-9-3-5-12-10(7-9)4-6-13(18)17(12)2/h3,5,7,11H,4,6,8,15H2,1-2H3,(H,16,19). The molecule has 0 radical (unpaired) electrons. The summed E-state index contributed by atoms with van der Waals surface area (Å²) >= 11 is 0. The molecule has 0 aliphatic carbocycles. The number of nitrogens with zero attached hydrogens (tertiary/aromatic N) is 1. The van der Waals surface area contributed by atoms with Crippen LogP contribution in [-0.2, 0) is 22.4 Å². The van der Waals surface area contributed by atoms with Gasteiger partial charge in [-0.05, 0) is 30.0 Å². The molecule has 0 saturated heterocycles. The number of hydrogen-bond donors (Lipinski definition) is 2. The van der Waals surface area contributed by atoms with E-state index >= 15 is 0 Å². The third kappa shape index (κ3) is 2.76. The highest BCUT2D eigenvalue weighted by molar-refractivity contribution is 5.95. The first-order valence-electron chi connectivity index (χ1n) is 6.38. The SMILES string of the molecule is CNC(=O)C(N)Cc1ccc2c(c1)CCC(=O)N2C. The van der Waals surface area contributed by atoms with Crippen LogP contribution in [0, 0.1) is 0 Å². The molecule has 102 valence electrons. The van der Waals surface area contributed by atoms with Crippen molar-refractivity contribution in [1.29, 1.82) is 0 Å². The lowest BCUT2D eigenvalue weighted by molar-refractivity contribution is -0.122. The third-order valence-electron chi connectivity index (χ3n) is 3.53. The molecule has 0 spiro atoms. The third-order valence-corrected chi connectivity index (χ3v) is 3.53. The van der Waals surface area contributed by atoms with E-state index in [4.69, 9.17) is 5.73 Å². The number of amides is 2. The smallest absolute Gasteiger partial charge is 0.237 e. The lowest BCUT2D eigenvalue weighted by atomic mass is 9.96. The van der Waals surface area contributed by atoms with Gasteiger partial charge in [0.25, 0.3) is 0 Å². The molecule has 3 N–H and O–H groups in total. The Labute approximate surface area is 112 Å². The van der Waals surface area contributed by atoms with Crippen molar-refractivity contribution in [2.24, 2.45) is 5.73 Å². The van der Waals surface area contributed by atoms with E-state index in [-0.39, 0.29) is 11.8 Å². The molecular weight excluding hydrogens is 242 g/mol. The van der Waals surface area contributed by atoms with Crippen molar-refractivity contribution in [3.8, 4) is 0 Å². The van der Waals surface area contributed by atoms with E-state index in [1.807, 2.05) is 18.2 Å². The number of likely N-dealkylation sites (N-methyl/N-ethyl adjacent to an activating group) is 1. The fraction of sp³-hybridized carbons (Fsp3) is 0.429. The van der Waals surface area contributed by atoms with Crippen molar-refractivity contribution >= 4 is 17.5 Å². The van der Waals surface area contributed by atoms with Gasteiger partial charge in [0.05, 0.1) is 6.04 Å². The summed E-state index contributed by atoms with van der Waals surface area (Å²) in [4.78, 5) is 24.7. The molecule has 0 bridgehead atoms. The Morgan fingerprint density at radius 2 is 2.21 bits per heavy atom. The first kappa shape index (κ1) is 13.5. The van der Waals surface area contributed by atoms with E-state index in [0.29, 0.717) is 12.8 Å². The molecule has 1 aromatic carbocycles. The largest absolute Gasteiger partial charge is 0.358 e. The predicted molar refractivity (Wildman–Crippen MR) is 73.9 cm³/mol. The summed E-state index contributed by atoms with van der Waals surface area (Å²) in [6.45, 7) is 0. The van der Waals surface area contributed by atoms with Crippen LogP contribution in [0.5, 0.6) is 0 Å². The number of carbonyl (C=O) groups is 2. The molecule has 2 amide bonds. The summed E-state index contributed by atoms with van der Waals surface area (Å²) in [5.41, 5.74) is 8.93. The number of aryl methyl sites for hydroxylation is 1. The first-order valence-corrected chi connectivity index (χ1v) is 6.38. The molecule has 19 heavy (non-hydrogen) atoms. The van der Waals surface area contributed by atoms with Crippen molar-refractivity contribution < 1.29 is 9.59 Å². The average molecular weight is 261 g/mol. The number of rotatable bonds is 3. The maximum atomic E-state index is 11.6. The van der Waals surface area contributed by atoms with Gasteiger partial charge in [0.1, 0.15) is 0 Å². The Balaban J connectivity index is 2.18. The first-order chi connectivity index (χ1) is 9.02. The Kier molecular flexibility index (Phi) is 3.85. The molecular formula is C14H19N3O2. The van der Waals surface area contributed by atoms with Crippen molar-refractivity contribution in [2.45, 2.75) is 25.3 Å². The summed E-state index contributed by atoms with van der Waals surface area (Å²) < 4.78 is 0. The quantitative estimate of drug-likeness (QED) is 0.817. The van der Waals surface area contributed by atoms with E-state index in [2.05, 4.69) is 5.32 Å². The number of hydrogen-bond acceptors (Lipinski definition) is 3. The van der Waals surface area contributed by atoms with Crippen molar-refractivity contribution in [1.82, 2.24) is 5.32 Å². The van der Waals surface area contributed by atoms with Crippen LogP contribution in [-0.4, -0.2) is 32.0 Å². The van der Waals surface area contributed by atoms with E-state index in [9.17, 15) is 9.59 Å². The van der Waals surface area contributed by atoms with Gasteiger partial charge in [-0.3, -0.25) is 9.59 Å².